The molecule has 0 spiro atoms. The average molecular weight is 275 g/mol. The standard InChI is InChI=1S/C17H25NO2/c1-12(2)17(3)10-6-7-13(11-17)20-16(19)14-8-4-5-9-15(14)18/h4-5,8-9,12-13H,6-7,10-11,18H2,1-3H3. The van der Waals surface area contributed by atoms with Crippen LogP contribution in [0.2, 0.25) is 0 Å². The molecule has 1 aliphatic carbocycles. The molecule has 2 unspecified atom stereocenters. The first kappa shape index (κ1) is 14.9. The highest BCUT2D eigenvalue weighted by Crippen LogP contribution is 2.43. The maximum atomic E-state index is 12.2. The van der Waals surface area contributed by atoms with E-state index < -0.39 is 0 Å². The van der Waals surface area contributed by atoms with Crippen LogP contribution in [0, 0.1) is 11.3 Å². The third-order valence-electron chi connectivity index (χ3n) is 4.82. The summed E-state index contributed by atoms with van der Waals surface area (Å²) in [5.41, 5.74) is 7.06. The van der Waals surface area contributed by atoms with Crippen LogP contribution < -0.4 is 5.73 Å². The molecule has 1 aromatic rings. The number of anilines is 1. The number of carbonyl (C=O) groups is 1. The van der Waals surface area contributed by atoms with Gasteiger partial charge < -0.3 is 10.5 Å². The van der Waals surface area contributed by atoms with Gasteiger partial charge in [-0.2, -0.15) is 0 Å². The van der Waals surface area contributed by atoms with E-state index in [0.29, 0.717) is 17.2 Å². The van der Waals surface area contributed by atoms with Crippen molar-refractivity contribution in [1.82, 2.24) is 0 Å². The van der Waals surface area contributed by atoms with E-state index in [-0.39, 0.29) is 17.5 Å². The van der Waals surface area contributed by atoms with Crippen molar-refractivity contribution < 1.29 is 9.53 Å². The van der Waals surface area contributed by atoms with E-state index in [4.69, 9.17) is 10.5 Å². The molecule has 0 heterocycles. The Labute approximate surface area is 121 Å². The van der Waals surface area contributed by atoms with Crippen molar-refractivity contribution in [3.05, 3.63) is 29.8 Å². The van der Waals surface area contributed by atoms with Crippen LogP contribution in [0.25, 0.3) is 0 Å². The first-order valence-corrected chi connectivity index (χ1v) is 7.48. The lowest BCUT2D eigenvalue weighted by Crippen LogP contribution is -2.35. The Morgan fingerprint density at radius 3 is 2.75 bits per heavy atom. The highest BCUT2D eigenvalue weighted by molar-refractivity contribution is 5.95. The summed E-state index contributed by atoms with van der Waals surface area (Å²) >= 11 is 0. The molecular formula is C17H25NO2. The third-order valence-corrected chi connectivity index (χ3v) is 4.82. The van der Waals surface area contributed by atoms with Gasteiger partial charge in [0.2, 0.25) is 0 Å². The van der Waals surface area contributed by atoms with Crippen LogP contribution in [0.3, 0.4) is 0 Å². The molecule has 0 aliphatic heterocycles. The molecule has 1 aliphatic rings. The van der Waals surface area contributed by atoms with E-state index in [1.54, 1.807) is 12.1 Å². The Morgan fingerprint density at radius 2 is 2.10 bits per heavy atom. The van der Waals surface area contributed by atoms with E-state index in [1.165, 1.54) is 6.42 Å². The maximum absolute atomic E-state index is 12.2. The number of ether oxygens (including phenoxy) is 1. The lowest BCUT2D eigenvalue weighted by Gasteiger charge is -2.40. The van der Waals surface area contributed by atoms with Crippen LogP contribution in [0.1, 0.15) is 56.8 Å². The van der Waals surface area contributed by atoms with Gasteiger partial charge in [-0.25, -0.2) is 4.79 Å². The molecule has 1 saturated carbocycles. The molecule has 0 aromatic heterocycles. The SMILES string of the molecule is CC(C)C1(C)CCCC(OC(=O)c2ccccc2N)C1. The third kappa shape index (κ3) is 3.14. The predicted molar refractivity (Wildman–Crippen MR) is 81.5 cm³/mol. The van der Waals surface area contributed by atoms with Gasteiger partial charge in [-0.3, -0.25) is 0 Å². The monoisotopic (exact) mass is 275 g/mol. The van der Waals surface area contributed by atoms with E-state index in [9.17, 15) is 4.79 Å². The summed E-state index contributed by atoms with van der Waals surface area (Å²) in [6.07, 6.45) is 4.26. The second-order valence-electron chi connectivity index (χ2n) is 6.52. The van der Waals surface area contributed by atoms with Gasteiger partial charge >= 0.3 is 5.97 Å². The summed E-state index contributed by atoms with van der Waals surface area (Å²) in [6.45, 7) is 6.80. The highest BCUT2D eigenvalue weighted by Gasteiger charge is 2.36. The van der Waals surface area contributed by atoms with Crippen LogP contribution >= 0.6 is 0 Å². The minimum Gasteiger partial charge on any atom is -0.459 e. The van der Waals surface area contributed by atoms with Gasteiger partial charge in [-0.05, 0) is 49.1 Å². The molecule has 2 rings (SSSR count). The second-order valence-corrected chi connectivity index (χ2v) is 6.52. The van der Waals surface area contributed by atoms with Gasteiger partial charge in [0.25, 0.3) is 0 Å². The number of para-hydroxylation sites is 1. The Balaban J connectivity index is 2.03. The minimum atomic E-state index is -0.291. The van der Waals surface area contributed by atoms with Crippen molar-refractivity contribution in [3.63, 3.8) is 0 Å². The van der Waals surface area contributed by atoms with Crippen molar-refractivity contribution in [1.29, 1.82) is 0 Å². The fraction of sp³-hybridized carbons (Fsp3) is 0.588. The summed E-state index contributed by atoms with van der Waals surface area (Å²) < 4.78 is 5.68. The van der Waals surface area contributed by atoms with Crippen molar-refractivity contribution in [2.75, 3.05) is 5.73 Å². The van der Waals surface area contributed by atoms with E-state index in [0.717, 1.165) is 19.3 Å². The van der Waals surface area contributed by atoms with Gasteiger partial charge in [0.05, 0.1) is 5.56 Å². The summed E-state index contributed by atoms with van der Waals surface area (Å²) in [5.74, 6) is 0.312. The first-order valence-electron chi connectivity index (χ1n) is 7.48. The lowest BCUT2D eigenvalue weighted by atomic mass is 9.67. The Morgan fingerprint density at radius 1 is 1.40 bits per heavy atom. The molecule has 0 amide bonds. The second kappa shape index (κ2) is 5.86. The fourth-order valence-corrected chi connectivity index (χ4v) is 2.98. The van der Waals surface area contributed by atoms with Crippen molar-refractivity contribution in [2.24, 2.45) is 11.3 Å². The number of benzene rings is 1. The predicted octanol–water partition coefficient (Wildman–Crippen LogP) is 4.03. The zero-order valence-corrected chi connectivity index (χ0v) is 12.7. The lowest BCUT2D eigenvalue weighted by molar-refractivity contribution is -0.00982. The molecular weight excluding hydrogens is 250 g/mol. The van der Waals surface area contributed by atoms with E-state index in [2.05, 4.69) is 20.8 Å². The number of esters is 1. The molecule has 110 valence electrons. The quantitative estimate of drug-likeness (QED) is 0.669. The molecule has 2 atom stereocenters. The summed E-state index contributed by atoms with van der Waals surface area (Å²) in [4.78, 5) is 12.2. The van der Waals surface area contributed by atoms with Crippen molar-refractivity contribution >= 4 is 11.7 Å². The van der Waals surface area contributed by atoms with Crippen LogP contribution in [0.15, 0.2) is 24.3 Å². The first-order chi connectivity index (χ1) is 9.42. The Kier molecular flexibility index (Phi) is 4.36. The average Bonchev–Trinajstić information content (AvgIpc) is 2.39. The van der Waals surface area contributed by atoms with Gasteiger partial charge in [0, 0.05) is 5.69 Å². The molecule has 20 heavy (non-hydrogen) atoms. The maximum Gasteiger partial charge on any atom is 0.340 e. The molecule has 2 N–H and O–H groups in total. The highest BCUT2D eigenvalue weighted by atomic mass is 16.5. The molecule has 0 bridgehead atoms. The largest absolute Gasteiger partial charge is 0.459 e. The summed E-state index contributed by atoms with van der Waals surface area (Å²) in [6, 6.07) is 7.09. The molecule has 3 nitrogen and oxygen atoms in total. The number of rotatable bonds is 3. The molecule has 0 radical (unpaired) electrons. The van der Waals surface area contributed by atoms with Gasteiger partial charge in [0.1, 0.15) is 6.10 Å². The van der Waals surface area contributed by atoms with Gasteiger partial charge in [0.15, 0.2) is 0 Å². The zero-order valence-electron chi connectivity index (χ0n) is 12.7. The summed E-state index contributed by atoms with van der Waals surface area (Å²) in [7, 11) is 0. The molecule has 3 heteroatoms. The molecule has 1 fully saturated rings. The van der Waals surface area contributed by atoms with Crippen LogP contribution in [0.4, 0.5) is 5.69 Å². The number of hydrogen-bond donors (Lipinski definition) is 1. The van der Waals surface area contributed by atoms with Crippen LogP contribution in [0.5, 0.6) is 0 Å². The fourth-order valence-electron chi connectivity index (χ4n) is 2.98. The number of carbonyl (C=O) groups excluding carboxylic acids is 1. The zero-order chi connectivity index (χ0) is 14.8. The molecule has 1 aromatic carbocycles. The Bertz CT molecular complexity index is 484. The van der Waals surface area contributed by atoms with Gasteiger partial charge in [-0.1, -0.05) is 32.9 Å². The number of hydrogen-bond acceptors (Lipinski definition) is 3. The topological polar surface area (TPSA) is 52.3 Å². The number of nitrogens with two attached hydrogens (primary N) is 1. The van der Waals surface area contributed by atoms with Crippen molar-refractivity contribution in [3.8, 4) is 0 Å². The van der Waals surface area contributed by atoms with Crippen molar-refractivity contribution in [2.45, 2.75) is 52.6 Å². The summed E-state index contributed by atoms with van der Waals surface area (Å²) in [5, 5.41) is 0. The molecule has 0 saturated heterocycles. The normalized spacial score (nSPS) is 26.5. The van der Waals surface area contributed by atoms with Gasteiger partial charge in [-0.15, -0.1) is 0 Å². The van der Waals surface area contributed by atoms with Crippen LogP contribution in [-0.4, -0.2) is 12.1 Å². The smallest absolute Gasteiger partial charge is 0.340 e. The van der Waals surface area contributed by atoms with E-state index >= 15 is 0 Å². The van der Waals surface area contributed by atoms with E-state index in [1.807, 2.05) is 12.1 Å². The minimum absolute atomic E-state index is 0.0169. The van der Waals surface area contributed by atoms with Crippen LogP contribution in [-0.2, 0) is 4.74 Å². The number of nitrogen functional groups attached to an aromatic ring is 1. The Hall–Kier alpha value is -1.51.